The van der Waals surface area contributed by atoms with Crippen LogP contribution in [0, 0.1) is 17.8 Å². The topological polar surface area (TPSA) is 9.72 Å². The fraction of sp³-hybridized carbons (Fsp3) is 0.280. The molecule has 79 heavy (non-hydrogen) atoms. The standard InChI is InChI=1S/C75H72BN3/c1-47-35-68-70-69(36-47)78(64-32-27-56(71(2,3)4)41-59(64)49-21-15-12-16-22-49)67-42-58(79-65-31-26-51(48-19-13-11-14-20-48)38-61(65)74(9)34-33-50-23-17-18-24-60(50)75(74,79)10)29-30-62(67)76(70)63-39-54-45-73(7,8)46-55(54)40-66(63)77(68)57-28-25-52-43-72(5,6)44-53(52)37-57/h11-32,35-42H,33-34,43-46H2,1-10H3. The van der Waals surface area contributed by atoms with E-state index >= 15 is 0 Å². The molecule has 0 saturated carbocycles. The quantitative estimate of drug-likeness (QED) is 0.159. The summed E-state index contributed by atoms with van der Waals surface area (Å²) in [5, 5.41) is 0. The lowest BCUT2D eigenvalue weighted by molar-refractivity contribution is 0.245. The van der Waals surface area contributed by atoms with Crippen molar-refractivity contribution in [3.05, 3.63) is 232 Å². The Balaban J connectivity index is 1.02. The van der Waals surface area contributed by atoms with Crippen LogP contribution in [-0.4, -0.2) is 6.71 Å². The van der Waals surface area contributed by atoms with Crippen LogP contribution in [0.25, 0.3) is 22.3 Å². The Morgan fingerprint density at radius 3 is 1.78 bits per heavy atom. The summed E-state index contributed by atoms with van der Waals surface area (Å²) in [5.74, 6) is 0. The number of fused-ring (bicyclic) bond motifs is 11. The van der Waals surface area contributed by atoms with E-state index in [4.69, 9.17) is 0 Å². The van der Waals surface area contributed by atoms with Gasteiger partial charge in [0.05, 0.1) is 11.2 Å². The molecule has 390 valence electrons. The predicted octanol–water partition coefficient (Wildman–Crippen LogP) is 17.2. The first kappa shape index (κ1) is 48.6. The van der Waals surface area contributed by atoms with Crippen molar-refractivity contribution >= 4 is 68.6 Å². The Morgan fingerprint density at radius 1 is 0.430 bits per heavy atom. The lowest BCUT2D eigenvalue weighted by Gasteiger charge is -2.51. The van der Waals surface area contributed by atoms with Gasteiger partial charge in [0.1, 0.15) is 0 Å². The van der Waals surface area contributed by atoms with E-state index in [1.54, 1.807) is 0 Å². The van der Waals surface area contributed by atoms with Crippen LogP contribution in [0.5, 0.6) is 0 Å². The number of nitrogens with zero attached hydrogens (tertiary/aromatic N) is 3. The Bertz CT molecular complexity index is 4030. The van der Waals surface area contributed by atoms with Crippen molar-refractivity contribution in [2.45, 2.75) is 124 Å². The molecule has 0 spiro atoms. The van der Waals surface area contributed by atoms with Crippen molar-refractivity contribution in [2.24, 2.45) is 10.8 Å². The van der Waals surface area contributed by atoms with E-state index < -0.39 is 0 Å². The molecular formula is C75H72BN3. The number of benzene rings is 9. The van der Waals surface area contributed by atoms with Crippen LogP contribution in [0.2, 0.25) is 0 Å². The van der Waals surface area contributed by atoms with E-state index in [1.165, 1.54) is 134 Å². The van der Waals surface area contributed by atoms with Gasteiger partial charge in [-0.3, -0.25) is 0 Å². The number of hydrogen-bond acceptors (Lipinski definition) is 3. The molecule has 6 aliphatic rings. The molecule has 9 aromatic carbocycles. The molecule has 0 saturated heterocycles. The van der Waals surface area contributed by atoms with Gasteiger partial charge in [-0.15, -0.1) is 0 Å². The molecule has 2 atom stereocenters. The highest BCUT2D eigenvalue weighted by Gasteiger charge is 2.60. The number of hydrogen-bond donors (Lipinski definition) is 0. The van der Waals surface area contributed by atoms with Gasteiger partial charge >= 0.3 is 0 Å². The Hall–Kier alpha value is -7.56. The number of rotatable bonds is 5. The molecule has 15 rings (SSSR count). The highest BCUT2D eigenvalue weighted by molar-refractivity contribution is 7.00. The van der Waals surface area contributed by atoms with Crippen molar-refractivity contribution in [3.8, 4) is 22.3 Å². The number of anilines is 8. The maximum absolute atomic E-state index is 2.77. The van der Waals surface area contributed by atoms with Crippen LogP contribution < -0.4 is 31.1 Å². The lowest BCUT2D eigenvalue weighted by Crippen LogP contribution is -2.61. The van der Waals surface area contributed by atoms with Gasteiger partial charge in [-0.25, -0.2) is 0 Å². The van der Waals surface area contributed by atoms with Crippen LogP contribution >= 0.6 is 0 Å². The minimum Gasteiger partial charge on any atom is -0.330 e. The molecule has 3 heterocycles. The third kappa shape index (κ3) is 7.18. The molecule has 2 unspecified atom stereocenters. The summed E-state index contributed by atoms with van der Waals surface area (Å²) in [7, 11) is 0. The molecule has 0 N–H and O–H groups in total. The van der Waals surface area contributed by atoms with E-state index in [2.05, 4.69) is 266 Å². The average molecular weight is 1030 g/mol. The zero-order valence-electron chi connectivity index (χ0n) is 48.0. The van der Waals surface area contributed by atoms with Gasteiger partial charge in [-0.1, -0.05) is 171 Å². The van der Waals surface area contributed by atoms with Crippen molar-refractivity contribution in [3.63, 3.8) is 0 Å². The Labute approximate surface area is 470 Å². The van der Waals surface area contributed by atoms with Gasteiger partial charge in [0.15, 0.2) is 0 Å². The zero-order chi connectivity index (χ0) is 54.1. The third-order valence-electron chi connectivity index (χ3n) is 20.0. The molecule has 4 heteroatoms. The molecule has 3 aliphatic heterocycles. The van der Waals surface area contributed by atoms with Gasteiger partial charge in [0.25, 0.3) is 6.71 Å². The van der Waals surface area contributed by atoms with Crippen LogP contribution in [0.1, 0.15) is 119 Å². The van der Waals surface area contributed by atoms with Gasteiger partial charge in [0, 0.05) is 50.8 Å². The van der Waals surface area contributed by atoms with Crippen molar-refractivity contribution in [1.29, 1.82) is 0 Å². The summed E-state index contributed by atoms with van der Waals surface area (Å²) in [6.45, 7) is 24.3. The number of aryl methyl sites for hydroxylation is 2. The van der Waals surface area contributed by atoms with E-state index in [0.717, 1.165) is 38.5 Å². The van der Waals surface area contributed by atoms with Crippen molar-refractivity contribution in [1.82, 2.24) is 0 Å². The monoisotopic (exact) mass is 1030 g/mol. The second-order valence-corrected chi connectivity index (χ2v) is 27.6. The summed E-state index contributed by atoms with van der Waals surface area (Å²) < 4.78 is 0. The second kappa shape index (κ2) is 16.7. The molecule has 3 aliphatic carbocycles. The first-order valence-corrected chi connectivity index (χ1v) is 29.3. The van der Waals surface area contributed by atoms with E-state index in [-0.39, 0.29) is 33.9 Å². The SMILES string of the molecule is Cc1cc2c3c(c1)N(c1ccc(C(C)(C)C)cc1-c1ccccc1)c1cc(N4c5ccc(-c6ccccc6)cc5C5(C)CCc6ccccc6C45C)ccc1B3c1cc3c(cc1N2c1ccc2c(c1)CC(C)(C)C2)CC(C)(C)C3. The highest BCUT2D eigenvalue weighted by Crippen LogP contribution is 2.64. The highest BCUT2D eigenvalue weighted by atomic mass is 15.3. The molecule has 0 aromatic heterocycles. The van der Waals surface area contributed by atoms with Gasteiger partial charge in [-0.05, 0) is 218 Å². The summed E-state index contributed by atoms with van der Waals surface area (Å²) in [6, 6.07) is 71.6. The first-order chi connectivity index (χ1) is 37.9. The molecule has 0 amide bonds. The molecule has 9 aromatic rings. The summed E-state index contributed by atoms with van der Waals surface area (Å²) in [4.78, 5) is 8.15. The molecular weight excluding hydrogens is 954 g/mol. The van der Waals surface area contributed by atoms with Gasteiger partial charge in [0.2, 0.25) is 0 Å². The van der Waals surface area contributed by atoms with E-state index in [1.807, 2.05) is 0 Å². The largest absolute Gasteiger partial charge is 0.330 e. The van der Waals surface area contributed by atoms with E-state index in [0.29, 0.717) is 0 Å². The van der Waals surface area contributed by atoms with Crippen LogP contribution in [0.15, 0.2) is 182 Å². The molecule has 0 bridgehead atoms. The van der Waals surface area contributed by atoms with Crippen molar-refractivity contribution < 1.29 is 0 Å². The minimum atomic E-state index is -0.380. The molecule has 0 fully saturated rings. The fourth-order valence-corrected chi connectivity index (χ4v) is 16.1. The normalized spacial score (nSPS) is 20.4. The zero-order valence-corrected chi connectivity index (χ0v) is 48.0. The average Bonchev–Trinajstić information content (AvgIpc) is 2.85. The maximum Gasteiger partial charge on any atom is 0.252 e. The summed E-state index contributed by atoms with van der Waals surface area (Å²) in [6.07, 6.45) is 6.51. The smallest absolute Gasteiger partial charge is 0.252 e. The Kier molecular flexibility index (Phi) is 10.3. The second-order valence-electron chi connectivity index (χ2n) is 27.6. The lowest BCUT2D eigenvalue weighted by atomic mass is 9.33. The maximum atomic E-state index is 2.77. The fourth-order valence-electron chi connectivity index (χ4n) is 16.1. The van der Waals surface area contributed by atoms with Crippen LogP contribution in [0.4, 0.5) is 45.5 Å². The van der Waals surface area contributed by atoms with Crippen LogP contribution in [0.3, 0.4) is 0 Å². The molecule has 0 radical (unpaired) electrons. The summed E-state index contributed by atoms with van der Waals surface area (Å²) >= 11 is 0. The molecule has 3 nitrogen and oxygen atoms in total. The third-order valence-corrected chi connectivity index (χ3v) is 20.0. The minimum absolute atomic E-state index is 0.00380. The van der Waals surface area contributed by atoms with Gasteiger partial charge in [-0.2, -0.15) is 0 Å². The first-order valence-electron chi connectivity index (χ1n) is 29.3. The summed E-state index contributed by atoms with van der Waals surface area (Å²) in [5.41, 5.74) is 32.0. The predicted molar refractivity (Wildman–Crippen MR) is 335 cm³/mol. The van der Waals surface area contributed by atoms with E-state index in [9.17, 15) is 0 Å². The van der Waals surface area contributed by atoms with Gasteiger partial charge < -0.3 is 14.7 Å². The Morgan fingerprint density at radius 2 is 1.05 bits per heavy atom. The van der Waals surface area contributed by atoms with Crippen LogP contribution in [-0.2, 0) is 48.5 Å². The van der Waals surface area contributed by atoms with Crippen molar-refractivity contribution in [2.75, 3.05) is 14.7 Å².